The summed E-state index contributed by atoms with van der Waals surface area (Å²) in [6, 6.07) is 13.9. The van der Waals surface area contributed by atoms with Crippen LogP contribution in [-0.2, 0) is 9.47 Å². The number of ether oxygens (including phenoxy) is 3. The molecule has 1 aliphatic carbocycles. The molecule has 1 aliphatic rings. The van der Waals surface area contributed by atoms with Gasteiger partial charge in [0.05, 0.1) is 13.2 Å². The van der Waals surface area contributed by atoms with Crippen molar-refractivity contribution in [3.63, 3.8) is 0 Å². The molecular weight excluding hydrogens is 360 g/mol. The number of nitrogens with one attached hydrogen (secondary N) is 2. The SMILES string of the molecule is COCCOC(=O)Nc1cccc(NC(=O)c2ccc(OCC3CC3)cc2)c1. The molecule has 2 N–H and O–H groups in total. The van der Waals surface area contributed by atoms with Crippen LogP contribution in [0.2, 0.25) is 0 Å². The summed E-state index contributed by atoms with van der Waals surface area (Å²) in [5.74, 6) is 1.20. The Kier molecular flexibility index (Phi) is 6.86. The first-order valence-corrected chi connectivity index (χ1v) is 9.21. The molecule has 7 nitrogen and oxygen atoms in total. The summed E-state index contributed by atoms with van der Waals surface area (Å²) in [4.78, 5) is 24.1. The van der Waals surface area contributed by atoms with Crippen LogP contribution in [0.1, 0.15) is 23.2 Å². The summed E-state index contributed by atoms with van der Waals surface area (Å²) >= 11 is 0. The van der Waals surface area contributed by atoms with Crippen LogP contribution in [0, 0.1) is 5.92 Å². The molecule has 0 aromatic heterocycles. The second kappa shape index (κ2) is 9.75. The normalized spacial score (nSPS) is 12.9. The third-order valence-corrected chi connectivity index (χ3v) is 4.19. The molecule has 2 aromatic rings. The Hall–Kier alpha value is -3.06. The van der Waals surface area contributed by atoms with E-state index >= 15 is 0 Å². The predicted molar refractivity (Wildman–Crippen MR) is 106 cm³/mol. The number of benzene rings is 2. The third kappa shape index (κ3) is 6.28. The highest BCUT2D eigenvalue weighted by atomic mass is 16.6. The van der Waals surface area contributed by atoms with Crippen molar-refractivity contribution >= 4 is 23.4 Å². The third-order valence-electron chi connectivity index (χ3n) is 4.19. The Balaban J connectivity index is 1.52. The van der Waals surface area contributed by atoms with Gasteiger partial charge in [-0.1, -0.05) is 6.07 Å². The highest BCUT2D eigenvalue weighted by Gasteiger charge is 2.21. The lowest BCUT2D eigenvalue weighted by molar-refractivity contribution is 0.102. The fourth-order valence-corrected chi connectivity index (χ4v) is 2.45. The van der Waals surface area contributed by atoms with E-state index in [0.29, 0.717) is 29.5 Å². The van der Waals surface area contributed by atoms with E-state index in [1.54, 1.807) is 48.5 Å². The molecule has 0 saturated heterocycles. The highest BCUT2D eigenvalue weighted by molar-refractivity contribution is 6.04. The molecule has 1 saturated carbocycles. The lowest BCUT2D eigenvalue weighted by Gasteiger charge is -2.10. The monoisotopic (exact) mass is 384 g/mol. The number of rotatable bonds is 9. The Labute approximate surface area is 164 Å². The van der Waals surface area contributed by atoms with Gasteiger partial charge in [0.1, 0.15) is 12.4 Å². The average molecular weight is 384 g/mol. The van der Waals surface area contributed by atoms with Gasteiger partial charge in [-0.05, 0) is 61.2 Å². The van der Waals surface area contributed by atoms with E-state index in [-0.39, 0.29) is 12.5 Å². The molecule has 2 amide bonds. The molecule has 0 unspecified atom stereocenters. The standard InChI is InChI=1S/C21H24N2O5/c1-26-11-12-27-21(25)23-18-4-2-3-17(13-18)22-20(24)16-7-9-19(10-8-16)28-14-15-5-6-15/h2-4,7-10,13,15H,5-6,11-12,14H2,1H3,(H,22,24)(H,23,25). The summed E-state index contributed by atoms with van der Waals surface area (Å²) in [6.07, 6.45) is 1.89. The molecule has 148 valence electrons. The zero-order valence-corrected chi connectivity index (χ0v) is 15.8. The van der Waals surface area contributed by atoms with Crippen molar-refractivity contribution in [2.24, 2.45) is 5.92 Å². The largest absolute Gasteiger partial charge is 0.493 e. The van der Waals surface area contributed by atoms with E-state index in [1.165, 1.54) is 20.0 Å². The lowest BCUT2D eigenvalue weighted by atomic mass is 10.2. The maximum atomic E-state index is 12.4. The maximum Gasteiger partial charge on any atom is 0.411 e. The number of carbonyl (C=O) groups excluding carboxylic acids is 2. The minimum atomic E-state index is -0.581. The topological polar surface area (TPSA) is 85.9 Å². The van der Waals surface area contributed by atoms with Gasteiger partial charge in [-0.25, -0.2) is 4.79 Å². The summed E-state index contributed by atoms with van der Waals surface area (Å²) in [7, 11) is 1.53. The van der Waals surface area contributed by atoms with Crippen LogP contribution in [0.5, 0.6) is 5.75 Å². The minimum absolute atomic E-state index is 0.166. The molecule has 0 aliphatic heterocycles. The number of anilines is 2. The van der Waals surface area contributed by atoms with Crippen molar-refractivity contribution in [1.82, 2.24) is 0 Å². The Bertz CT molecular complexity index is 803. The van der Waals surface area contributed by atoms with Crippen LogP contribution in [0.15, 0.2) is 48.5 Å². The Morgan fingerprint density at radius 1 is 1.00 bits per heavy atom. The minimum Gasteiger partial charge on any atom is -0.493 e. The molecule has 1 fully saturated rings. The van der Waals surface area contributed by atoms with Crippen LogP contribution in [0.4, 0.5) is 16.2 Å². The fourth-order valence-electron chi connectivity index (χ4n) is 2.45. The van der Waals surface area contributed by atoms with Gasteiger partial charge in [-0.3, -0.25) is 10.1 Å². The molecule has 0 atom stereocenters. The first kappa shape index (κ1) is 19.7. The van der Waals surface area contributed by atoms with E-state index in [2.05, 4.69) is 10.6 Å². The van der Waals surface area contributed by atoms with Gasteiger partial charge in [0, 0.05) is 24.0 Å². The number of amides is 2. The van der Waals surface area contributed by atoms with Crippen molar-refractivity contribution in [1.29, 1.82) is 0 Å². The molecule has 0 spiro atoms. The fraction of sp³-hybridized carbons (Fsp3) is 0.333. The van der Waals surface area contributed by atoms with Gasteiger partial charge in [0.25, 0.3) is 5.91 Å². The van der Waals surface area contributed by atoms with E-state index < -0.39 is 6.09 Å². The maximum absolute atomic E-state index is 12.4. The molecule has 0 bridgehead atoms. The summed E-state index contributed by atoms with van der Waals surface area (Å²) in [5, 5.41) is 5.42. The summed E-state index contributed by atoms with van der Waals surface area (Å²) in [6.45, 7) is 1.23. The van der Waals surface area contributed by atoms with Gasteiger partial charge >= 0.3 is 6.09 Å². The molecule has 0 radical (unpaired) electrons. The van der Waals surface area contributed by atoms with E-state index in [1.807, 2.05) is 0 Å². The summed E-state index contributed by atoms with van der Waals surface area (Å²) in [5.41, 5.74) is 1.61. The van der Waals surface area contributed by atoms with Crippen LogP contribution >= 0.6 is 0 Å². The first-order chi connectivity index (χ1) is 13.6. The molecular formula is C21H24N2O5. The van der Waals surface area contributed by atoms with Crippen molar-refractivity contribution in [2.45, 2.75) is 12.8 Å². The second-order valence-corrected chi connectivity index (χ2v) is 6.57. The first-order valence-electron chi connectivity index (χ1n) is 9.21. The van der Waals surface area contributed by atoms with Crippen molar-refractivity contribution in [3.05, 3.63) is 54.1 Å². The molecule has 0 heterocycles. The number of methoxy groups -OCH3 is 1. The molecule has 7 heteroatoms. The number of hydrogen-bond acceptors (Lipinski definition) is 5. The smallest absolute Gasteiger partial charge is 0.411 e. The zero-order chi connectivity index (χ0) is 19.8. The summed E-state index contributed by atoms with van der Waals surface area (Å²) < 4.78 is 15.5. The number of hydrogen-bond donors (Lipinski definition) is 2. The van der Waals surface area contributed by atoms with Gasteiger partial charge in [-0.15, -0.1) is 0 Å². The second-order valence-electron chi connectivity index (χ2n) is 6.57. The van der Waals surface area contributed by atoms with E-state index in [0.717, 1.165) is 12.4 Å². The molecule has 3 rings (SSSR count). The van der Waals surface area contributed by atoms with Gasteiger partial charge in [0.15, 0.2) is 0 Å². The van der Waals surface area contributed by atoms with E-state index in [4.69, 9.17) is 14.2 Å². The van der Waals surface area contributed by atoms with Crippen LogP contribution in [-0.4, -0.2) is 38.9 Å². The van der Waals surface area contributed by atoms with Gasteiger partial charge in [0.2, 0.25) is 0 Å². The highest BCUT2D eigenvalue weighted by Crippen LogP contribution is 2.29. The van der Waals surface area contributed by atoms with Crippen LogP contribution < -0.4 is 15.4 Å². The van der Waals surface area contributed by atoms with Crippen LogP contribution in [0.3, 0.4) is 0 Å². The average Bonchev–Trinajstić information content (AvgIpc) is 3.52. The van der Waals surface area contributed by atoms with Gasteiger partial charge < -0.3 is 19.5 Å². The van der Waals surface area contributed by atoms with Gasteiger partial charge in [-0.2, -0.15) is 0 Å². The van der Waals surface area contributed by atoms with E-state index in [9.17, 15) is 9.59 Å². The molecule has 28 heavy (non-hydrogen) atoms. The van der Waals surface area contributed by atoms with Crippen molar-refractivity contribution in [2.75, 3.05) is 37.6 Å². The van der Waals surface area contributed by atoms with Crippen molar-refractivity contribution in [3.8, 4) is 5.75 Å². The zero-order valence-electron chi connectivity index (χ0n) is 15.8. The van der Waals surface area contributed by atoms with Crippen LogP contribution in [0.25, 0.3) is 0 Å². The number of carbonyl (C=O) groups is 2. The van der Waals surface area contributed by atoms with Crippen molar-refractivity contribution < 1.29 is 23.8 Å². The predicted octanol–water partition coefficient (Wildman–Crippen LogP) is 3.92. The quantitative estimate of drug-likeness (QED) is 0.640. The lowest BCUT2D eigenvalue weighted by Crippen LogP contribution is -2.17. The Morgan fingerprint density at radius 2 is 1.71 bits per heavy atom. The molecule has 2 aromatic carbocycles. The Morgan fingerprint density at radius 3 is 2.39 bits per heavy atom.